The van der Waals surface area contributed by atoms with E-state index in [0.29, 0.717) is 12.5 Å². The van der Waals surface area contributed by atoms with Crippen LogP contribution >= 0.6 is 0 Å². The quantitative estimate of drug-likeness (QED) is 0.743. The van der Waals surface area contributed by atoms with Crippen molar-refractivity contribution >= 4 is 5.97 Å². The zero-order valence-corrected chi connectivity index (χ0v) is 10.3. The summed E-state index contributed by atoms with van der Waals surface area (Å²) in [7, 11) is 0. The van der Waals surface area contributed by atoms with Gasteiger partial charge in [-0.1, -0.05) is 13.8 Å². The van der Waals surface area contributed by atoms with Gasteiger partial charge in [-0.05, 0) is 31.7 Å². The highest BCUT2D eigenvalue weighted by Gasteiger charge is 2.35. The number of carbonyl (C=O) groups is 1. The fourth-order valence-corrected chi connectivity index (χ4v) is 2.86. The smallest absolute Gasteiger partial charge is 0.317 e. The highest BCUT2D eigenvalue weighted by Crippen LogP contribution is 2.35. The SMILES string of the molecule is CC(C)CC1(CO)CCCN(CC(=O)O)C1. The van der Waals surface area contributed by atoms with Crippen LogP contribution in [0.1, 0.15) is 33.1 Å². The van der Waals surface area contributed by atoms with Crippen molar-refractivity contribution < 1.29 is 15.0 Å². The number of nitrogens with zero attached hydrogens (tertiary/aromatic N) is 1. The number of likely N-dealkylation sites (tertiary alicyclic amines) is 1. The molecule has 0 amide bonds. The van der Waals surface area contributed by atoms with Gasteiger partial charge in [0.25, 0.3) is 0 Å². The standard InChI is InChI=1S/C12H23NO3/c1-10(2)6-12(9-14)4-3-5-13(8-12)7-11(15)16/h10,14H,3-9H2,1-2H3,(H,15,16). The van der Waals surface area contributed by atoms with Crippen LogP contribution < -0.4 is 0 Å². The molecule has 1 aliphatic heterocycles. The Kier molecular flexibility index (Phi) is 4.74. The molecule has 16 heavy (non-hydrogen) atoms. The molecule has 1 atom stereocenters. The van der Waals surface area contributed by atoms with Crippen LogP contribution in [0.3, 0.4) is 0 Å². The maximum absolute atomic E-state index is 10.7. The van der Waals surface area contributed by atoms with Crippen LogP contribution in [0, 0.1) is 11.3 Å². The third-order valence-electron chi connectivity index (χ3n) is 3.28. The Bertz CT molecular complexity index is 242. The summed E-state index contributed by atoms with van der Waals surface area (Å²) >= 11 is 0. The van der Waals surface area contributed by atoms with E-state index >= 15 is 0 Å². The second-order valence-electron chi connectivity index (χ2n) is 5.46. The molecule has 1 unspecified atom stereocenters. The Morgan fingerprint density at radius 1 is 1.50 bits per heavy atom. The summed E-state index contributed by atoms with van der Waals surface area (Å²) in [4.78, 5) is 12.6. The van der Waals surface area contributed by atoms with Crippen LogP contribution in [0.5, 0.6) is 0 Å². The van der Waals surface area contributed by atoms with Crippen LogP contribution in [0.15, 0.2) is 0 Å². The average molecular weight is 229 g/mol. The van der Waals surface area contributed by atoms with E-state index in [0.717, 1.165) is 25.8 Å². The number of carboxylic acid groups (broad SMARTS) is 1. The molecule has 1 aliphatic rings. The third kappa shape index (κ3) is 3.76. The van der Waals surface area contributed by atoms with Crippen molar-refractivity contribution in [2.24, 2.45) is 11.3 Å². The monoisotopic (exact) mass is 229 g/mol. The van der Waals surface area contributed by atoms with Crippen molar-refractivity contribution in [1.82, 2.24) is 4.90 Å². The number of aliphatic hydroxyl groups is 1. The van der Waals surface area contributed by atoms with E-state index in [4.69, 9.17) is 5.11 Å². The molecule has 0 aromatic carbocycles. The lowest BCUT2D eigenvalue weighted by Gasteiger charge is -2.42. The maximum Gasteiger partial charge on any atom is 0.317 e. The van der Waals surface area contributed by atoms with Gasteiger partial charge in [0.1, 0.15) is 0 Å². The van der Waals surface area contributed by atoms with Gasteiger partial charge in [0.15, 0.2) is 0 Å². The molecule has 4 nitrogen and oxygen atoms in total. The highest BCUT2D eigenvalue weighted by molar-refractivity contribution is 5.69. The molecule has 1 heterocycles. The summed E-state index contributed by atoms with van der Waals surface area (Å²) in [6.07, 6.45) is 2.97. The van der Waals surface area contributed by atoms with Crippen molar-refractivity contribution in [3.8, 4) is 0 Å². The number of rotatable bonds is 5. The van der Waals surface area contributed by atoms with Gasteiger partial charge >= 0.3 is 5.97 Å². The van der Waals surface area contributed by atoms with Crippen molar-refractivity contribution in [1.29, 1.82) is 0 Å². The topological polar surface area (TPSA) is 60.8 Å². The molecular weight excluding hydrogens is 206 g/mol. The first-order valence-corrected chi connectivity index (χ1v) is 6.02. The van der Waals surface area contributed by atoms with E-state index < -0.39 is 5.97 Å². The molecule has 94 valence electrons. The molecule has 0 radical (unpaired) electrons. The van der Waals surface area contributed by atoms with Crippen LogP contribution in [0.4, 0.5) is 0 Å². The van der Waals surface area contributed by atoms with Crippen molar-refractivity contribution in [2.45, 2.75) is 33.1 Å². The summed E-state index contributed by atoms with van der Waals surface area (Å²) in [5.41, 5.74) is -0.0815. The normalized spacial score (nSPS) is 27.2. The van der Waals surface area contributed by atoms with Crippen LogP contribution in [-0.4, -0.2) is 47.3 Å². The molecule has 1 rings (SSSR count). The Balaban J connectivity index is 2.60. The molecule has 0 aliphatic carbocycles. The second-order valence-corrected chi connectivity index (χ2v) is 5.46. The molecule has 0 spiro atoms. The minimum Gasteiger partial charge on any atom is -0.480 e. The maximum atomic E-state index is 10.7. The summed E-state index contributed by atoms with van der Waals surface area (Å²) < 4.78 is 0. The van der Waals surface area contributed by atoms with E-state index in [-0.39, 0.29) is 18.6 Å². The minimum absolute atomic E-state index is 0.0815. The zero-order valence-electron chi connectivity index (χ0n) is 10.3. The first kappa shape index (κ1) is 13.5. The summed E-state index contributed by atoms with van der Waals surface area (Å²) in [6.45, 7) is 6.11. The first-order chi connectivity index (χ1) is 7.47. The van der Waals surface area contributed by atoms with E-state index in [9.17, 15) is 9.90 Å². The Morgan fingerprint density at radius 3 is 2.69 bits per heavy atom. The predicted octanol–water partition coefficient (Wildman–Crippen LogP) is 1.19. The van der Waals surface area contributed by atoms with Crippen LogP contribution in [0.2, 0.25) is 0 Å². The largest absolute Gasteiger partial charge is 0.480 e. The predicted molar refractivity (Wildman–Crippen MR) is 62.3 cm³/mol. The van der Waals surface area contributed by atoms with Gasteiger partial charge in [-0.3, -0.25) is 9.69 Å². The summed E-state index contributed by atoms with van der Waals surface area (Å²) in [5, 5.41) is 18.4. The average Bonchev–Trinajstić information content (AvgIpc) is 2.16. The molecule has 4 heteroatoms. The summed E-state index contributed by atoms with van der Waals surface area (Å²) in [6, 6.07) is 0. The van der Waals surface area contributed by atoms with Gasteiger partial charge in [-0.25, -0.2) is 0 Å². The lowest BCUT2D eigenvalue weighted by molar-refractivity contribution is -0.139. The minimum atomic E-state index is -0.779. The number of aliphatic hydroxyl groups excluding tert-OH is 1. The van der Waals surface area contributed by atoms with Crippen molar-refractivity contribution in [3.63, 3.8) is 0 Å². The molecule has 1 fully saturated rings. The van der Waals surface area contributed by atoms with Crippen LogP contribution in [0.25, 0.3) is 0 Å². The summed E-state index contributed by atoms with van der Waals surface area (Å²) in [5.74, 6) is -0.241. The van der Waals surface area contributed by atoms with E-state index in [1.165, 1.54) is 0 Å². The second kappa shape index (κ2) is 5.64. The highest BCUT2D eigenvalue weighted by atomic mass is 16.4. The Morgan fingerprint density at radius 2 is 2.19 bits per heavy atom. The third-order valence-corrected chi connectivity index (χ3v) is 3.28. The Hall–Kier alpha value is -0.610. The fourth-order valence-electron chi connectivity index (χ4n) is 2.86. The number of aliphatic carboxylic acids is 1. The molecule has 0 aromatic rings. The van der Waals surface area contributed by atoms with Gasteiger partial charge in [0.2, 0.25) is 0 Å². The molecule has 0 bridgehead atoms. The number of carboxylic acids is 1. The number of hydrogen-bond acceptors (Lipinski definition) is 3. The molecule has 1 saturated heterocycles. The molecular formula is C12H23NO3. The number of hydrogen-bond donors (Lipinski definition) is 2. The lowest BCUT2D eigenvalue weighted by Crippen LogP contribution is -2.47. The fraction of sp³-hybridized carbons (Fsp3) is 0.917. The van der Waals surface area contributed by atoms with Gasteiger partial charge in [0, 0.05) is 18.6 Å². The van der Waals surface area contributed by atoms with Gasteiger partial charge < -0.3 is 10.2 Å². The van der Waals surface area contributed by atoms with Gasteiger partial charge in [-0.15, -0.1) is 0 Å². The molecule has 0 aromatic heterocycles. The number of piperidine rings is 1. The van der Waals surface area contributed by atoms with Crippen molar-refractivity contribution in [2.75, 3.05) is 26.2 Å². The van der Waals surface area contributed by atoms with Gasteiger partial charge in [0.05, 0.1) is 6.54 Å². The van der Waals surface area contributed by atoms with E-state index in [2.05, 4.69) is 13.8 Å². The van der Waals surface area contributed by atoms with Crippen molar-refractivity contribution in [3.05, 3.63) is 0 Å². The molecule has 0 saturated carbocycles. The first-order valence-electron chi connectivity index (χ1n) is 6.02. The van der Waals surface area contributed by atoms with E-state index in [1.807, 2.05) is 4.90 Å². The Labute approximate surface area is 97.3 Å². The van der Waals surface area contributed by atoms with E-state index in [1.54, 1.807) is 0 Å². The van der Waals surface area contributed by atoms with Gasteiger partial charge in [-0.2, -0.15) is 0 Å². The lowest BCUT2D eigenvalue weighted by atomic mass is 9.74. The molecule has 2 N–H and O–H groups in total. The van der Waals surface area contributed by atoms with Crippen LogP contribution in [-0.2, 0) is 4.79 Å². The zero-order chi connectivity index (χ0) is 12.2.